The highest BCUT2D eigenvalue weighted by Crippen LogP contribution is 2.41. The maximum atomic E-state index is 12.9. The van der Waals surface area contributed by atoms with Gasteiger partial charge in [0.1, 0.15) is 11.5 Å². The van der Waals surface area contributed by atoms with Gasteiger partial charge in [0.05, 0.1) is 31.0 Å². The molecule has 3 rings (SSSR count). The molecule has 2 N–H and O–H groups in total. The van der Waals surface area contributed by atoms with E-state index in [0.29, 0.717) is 27.9 Å². The van der Waals surface area contributed by atoms with Gasteiger partial charge in [-0.25, -0.2) is 4.98 Å². The third-order valence-electron chi connectivity index (χ3n) is 4.08. The van der Waals surface area contributed by atoms with E-state index >= 15 is 0 Å². The van der Waals surface area contributed by atoms with E-state index in [1.165, 1.54) is 26.4 Å². The number of alkyl halides is 3. The lowest BCUT2D eigenvalue weighted by atomic mass is 10.1. The van der Waals surface area contributed by atoms with Gasteiger partial charge in [-0.05, 0) is 31.2 Å². The fourth-order valence-corrected chi connectivity index (χ4v) is 2.71. The average Bonchev–Trinajstić information content (AvgIpc) is 2.63. The number of aryl methyl sites for hydroxylation is 1. The van der Waals surface area contributed by atoms with Gasteiger partial charge < -0.3 is 19.9 Å². The van der Waals surface area contributed by atoms with Crippen molar-refractivity contribution >= 4 is 16.6 Å². The molecule has 0 amide bonds. The molecule has 0 aliphatic heterocycles. The Morgan fingerprint density at radius 1 is 1.00 bits per heavy atom. The molecule has 0 spiro atoms. The standard InChI is InChI=1S/C19H17F3N2O3/c1-10-14-8-13(25-2)9-15(23)16(14)24-18(26-3)17(10)27-12-6-4-5-11(7-12)19(20,21)22/h4-9H,23H2,1-3H3. The molecule has 3 aromatic rings. The molecule has 5 nitrogen and oxygen atoms in total. The number of nitrogen functional groups attached to an aromatic ring is 1. The number of methoxy groups -OCH3 is 2. The lowest BCUT2D eigenvalue weighted by molar-refractivity contribution is -0.137. The Morgan fingerprint density at radius 3 is 2.37 bits per heavy atom. The first-order valence-electron chi connectivity index (χ1n) is 7.91. The van der Waals surface area contributed by atoms with Crippen molar-refractivity contribution in [2.45, 2.75) is 13.1 Å². The van der Waals surface area contributed by atoms with Crippen LogP contribution in [0.2, 0.25) is 0 Å². The largest absolute Gasteiger partial charge is 0.497 e. The van der Waals surface area contributed by atoms with Crippen LogP contribution >= 0.6 is 0 Å². The predicted octanol–water partition coefficient (Wildman–Crippen LogP) is 4.95. The molecule has 0 atom stereocenters. The van der Waals surface area contributed by atoms with Gasteiger partial charge in [0, 0.05) is 17.0 Å². The number of rotatable bonds is 4. The lowest BCUT2D eigenvalue weighted by Gasteiger charge is -2.16. The summed E-state index contributed by atoms with van der Waals surface area (Å²) in [4.78, 5) is 4.35. The second-order valence-electron chi connectivity index (χ2n) is 5.82. The molecule has 0 bridgehead atoms. The van der Waals surface area contributed by atoms with Crippen molar-refractivity contribution in [3.63, 3.8) is 0 Å². The number of aromatic nitrogens is 1. The van der Waals surface area contributed by atoms with E-state index in [4.69, 9.17) is 19.9 Å². The van der Waals surface area contributed by atoms with Crippen LogP contribution in [-0.4, -0.2) is 19.2 Å². The van der Waals surface area contributed by atoms with E-state index in [1.807, 2.05) is 0 Å². The fraction of sp³-hybridized carbons (Fsp3) is 0.211. The molecule has 8 heteroatoms. The normalized spacial score (nSPS) is 11.5. The van der Waals surface area contributed by atoms with Crippen molar-refractivity contribution < 1.29 is 27.4 Å². The first-order valence-corrected chi connectivity index (χ1v) is 7.91. The number of ether oxygens (including phenoxy) is 3. The summed E-state index contributed by atoms with van der Waals surface area (Å²) in [5, 5.41) is 0.648. The van der Waals surface area contributed by atoms with E-state index in [1.54, 1.807) is 19.1 Å². The highest BCUT2D eigenvalue weighted by molar-refractivity contribution is 5.95. The predicted molar refractivity (Wildman–Crippen MR) is 95.5 cm³/mol. The zero-order valence-corrected chi connectivity index (χ0v) is 14.8. The number of fused-ring (bicyclic) bond motifs is 1. The summed E-state index contributed by atoms with van der Waals surface area (Å²) in [5.74, 6) is 0.870. The smallest absolute Gasteiger partial charge is 0.416 e. The number of hydrogen-bond donors (Lipinski definition) is 1. The summed E-state index contributed by atoms with van der Waals surface area (Å²) < 4.78 is 55.1. The highest BCUT2D eigenvalue weighted by Gasteiger charge is 2.31. The van der Waals surface area contributed by atoms with E-state index in [0.717, 1.165) is 12.1 Å². The second kappa shape index (κ2) is 6.86. The van der Waals surface area contributed by atoms with Crippen molar-refractivity contribution in [3.8, 4) is 23.1 Å². The van der Waals surface area contributed by atoms with Crippen molar-refractivity contribution in [1.82, 2.24) is 4.98 Å². The van der Waals surface area contributed by atoms with Crippen molar-refractivity contribution in [3.05, 3.63) is 47.5 Å². The maximum Gasteiger partial charge on any atom is 0.416 e. The van der Waals surface area contributed by atoms with Crippen LogP contribution < -0.4 is 19.9 Å². The van der Waals surface area contributed by atoms with Crippen LogP contribution in [-0.2, 0) is 6.18 Å². The van der Waals surface area contributed by atoms with Gasteiger partial charge in [0.2, 0.25) is 0 Å². The molecule has 1 heterocycles. The van der Waals surface area contributed by atoms with Crippen LogP contribution in [0.25, 0.3) is 10.9 Å². The lowest BCUT2D eigenvalue weighted by Crippen LogP contribution is -2.05. The molecule has 1 aromatic heterocycles. The molecule has 0 radical (unpaired) electrons. The Balaban J connectivity index is 2.15. The highest BCUT2D eigenvalue weighted by atomic mass is 19.4. The van der Waals surface area contributed by atoms with Gasteiger partial charge in [0.25, 0.3) is 5.88 Å². The van der Waals surface area contributed by atoms with E-state index < -0.39 is 11.7 Å². The number of halogens is 3. The van der Waals surface area contributed by atoms with Crippen LogP contribution in [0.1, 0.15) is 11.1 Å². The van der Waals surface area contributed by atoms with Gasteiger partial charge in [-0.15, -0.1) is 0 Å². The molecule has 0 unspecified atom stereocenters. The topological polar surface area (TPSA) is 66.6 Å². The SMILES string of the molecule is COc1cc(N)c2nc(OC)c(Oc3cccc(C(F)(F)F)c3)c(C)c2c1. The number of anilines is 1. The summed E-state index contributed by atoms with van der Waals surface area (Å²) in [6.45, 7) is 1.74. The summed E-state index contributed by atoms with van der Waals surface area (Å²) >= 11 is 0. The number of benzene rings is 2. The number of hydrogen-bond acceptors (Lipinski definition) is 5. The molecule has 0 fully saturated rings. The van der Waals surface area contributed by atoms with Crippen LogP contribution in [0.4, 0.5) is 18.9 Å². The van der Waals surface area contributed by atoms with Crippen LogP contribution in [0.15, 0.2) is 36.4 Å². The molecule has 142 valence electrons. The Bertz CT molecular complexity index is 1000. The molecule has 0 aliphatic rings. The minimum absolute atomic E-state index is 0.0169. The van der Waals surface area contributed by atoms with Gasteiger partial charge in [0.15, 0.2) is 5.75 Å². The summed E-state index contributed by atoms with van der Waals surface area (Å²) in [6, 6.07) is 7.95. The van der Waals surface area contributed by atoms with Crippen LogP contribution in [0, 0.1) is 6.92 Å². The molecule has 0 saturated carbocycles. The van der Waals surface area contributed by atoms with E-state index in [2.05, 4.69) is 4.98 Å². The number of pyridine rings is 1. The molecule has 0 saturated heterocycles. The minimum atomic E-state index is -4.47. The molecule has 27 heavy (non-hydrogen) atoms. The third kappa shape index (κ3) is 3.55. The summed E-state index contributed by atoms with van der Waals surface area (Å²) in [7, 11) is 2.90. The first kappa shape index (κ1) is 18.6. The number of nitrogens with two attached hydrogens (primary N) is 1. The zero-order valence-electron chi connectivity index (χ0n) is 14.8. The van der Waals surface area contributed by atoms with Crippen molar-refractivity contribution in [1.29, 1.82) is 0 Å². The zero-order chi connectivity index (χ0) is 19.8. The second-order valence-corrected chi connectivity index (χ2v) is 5.82. The maximum absolute atomic E-state index is 12.9. The summed E-state index contributed by atoms with van der Waals surface area (Å²) in [5.41, 5.74) is 6.71. The van der Waals surface area contributed by atoms with Gasteiger partial charge in [-0.3, -0.25) is 0 Å². The van der Waals surface area contributed by atoms with Crippen molar-refractivity contribution in [2.24, 2.45) is 0 Å². The Hall–Kier alpha value is -3.16. The molecular formula is C19H17F3N2O3. The van der Waals surface area contributed by atoms with Gasteiger partial charge >= 0.3 is 6.18 Å². The number of nitrogens with zero attached hydrogens (tertiary/aromatic N) is 1. The molecule has 0 aliphatic carbocycles. The van der Waals surface area contributed by atoms with E-state index in [-0.39, 0.29) is 17.4 Å². The monoisotopic (exact) mass is 378 g/mol. The van der Waals surface area contributed by atoms with E-state index in [9.17, 15) is 13.2 Å². The van der Waals surface area contributed by atoms with Gasteiger partial charge in [-0.2, -0.15) is 13.2 Å². The van der Waals surface area contributed by atoms with Crippen LogP contribution in [0.3, 0.4) is 0 Å². The molecular weight excluding hydrogens is 361 g/mol. The summed E-state index contributed by atoms with van der Waals surface area (Å²) in [6.07, 6.45) is -4.47. The Kier molecular flexibility index (Phi) is 4.73. The van der Waals surface area contributed by atoms with Crippen LogP contribution in [0.5, 0.6) is 23.1 Å². The Morgan fingerprint density at radius 2 is 1.74 bits per heavy atom. The fourth-order valence-electron chi connectivity index (χ4n) is 2.71. The first-order chi connectivity index (χ1) is 12.7. The average molecular weight is 378 g/mol. The molecule has 2 aromatic carbocycles. The quantitative estimate of drug-likeness (QED) is 0.651. The van der Waals surface area contributed by atoms with Crippen molar-refractivity contribution in [2.75, 3.05) is 20.0 Å². The minimum Gasteiger partial charge on any atom is -0.497 e. The van der Waals surface area contributed by atoms with Gasteiger partial charge in [-0.1, -0.05) is 6.07 Å². The third-order valence-corrected chi connectivity index (χ3v) is 4.08. The Labute approximate surface area is 153 Å².